The van der Waals surface area contributed by atoms with E-state index < -0.39 is 46.2 Å². The number of aliphatic hydroxyl groups is 8. The molecule has 0 spiro atoms. The monoisotopic (exact) mass is 440 g/mol. The van der Waals surface area contributed by atoms with Gasteiger partial charge in [0.25, 0.3) is 5.91 Å². The summed E-state index contributed by atoms with van der Waals surface area (Å²) in [6, 6.07) is 0.269. The average Bonchev–Trinajstić information content (AvgIpc) is 3.15. The second kappa shape index (κ2) is 6.78. The van der Waals surface area contributed by atoms with Crippen LogP contribution in [0.3, 0.4) is 0 Å². The number of rotatable bonds is 3. The lowest BCUT2D eigenvalue weighted by Gasteiger charge is -2.59. The zero-order chi connectivity index (χ0) is 23.6. The van der Waals surface area contributed by atoms with E-state index in [9.17, 15) is 45.6 Å². The van der Waals surface area contributed by atoms with Crippen molar-refractivity contribution in [3.63, 3.8) is 0 Å². The molecule has 2 unspecified atom stereocenters. The predicted molar refractivity (Wildman–Crippen MR) is 96.4 cm³/mol. The first kappa shape index (κ1) is 22.7. The molecule has 0 saturated carbocycles. The van der Waals surface area contributed by atoms with Crippen LogP contribution in [0.2, 0.25) is 0 Å². The summed E-state index contributed by atoms with van der Waals surface area (Å²) in [6.45, 7) is 0.996. The van der Waals surface area contributed by atoms with Crippen molar-refractivity contribution in [2.45, 2.75) is 36.4 Å². The third-order valence-electron chi connectivity index (χ3n) is 5.38. The molecule has 0 aliphatic carbocycles. The van der Waals surface area contributed by atoms with Gasteiger partial charge in [0, 0.05) is 19.2 Å². The highest BCUT2D eigenvalue weighted by Crippen LogP contribution is 2.46. The van der Waals surface area contributed by atoms with Crippen LogP contribution in [-0.2, 0) is 4.79 Å². The Bertz CT molecular complexity index is 1060. The van der Waals surface area contributed by atoms with Crippen molar-refractivity contribution in [2.75, 3.05) is 11.9 Å². The number of fused-ring (bicyclic) bond motifs is 1. The molecule has 3 rings (SSSR count). The van der Waals surface area contributed by atoms with Gasteiger partial charge in [-0.2, -0.15) is 5.26 Å². The molecule has 2 atom stereocenters. The van der Waals surface area contributed by atoms with Crippen LogP contribution in [0, 0.1) is 17.2 Å². The second-order valence-electron chi connectivity index (χ2n) is 7.26. The third kappa shape index (κ3) is 3.02. The van der Waals surface area contributed by atoms with Crippen molar-refractivity contribution >= 4 is 22.8 Å². The standard InChI is InChI=1S/C16H20N6O9/c1-7-9(21(2)11-8-3-4-18-10(8)19-6-20-11)15(28,29)22(12(23)13(24,25)5-17)16(30,31)14(7,26)27/h3-4,6-7,9,24-31H,1-2H3,(H,18,19,20). The zero-order valence-electron chi connectivity index (χ0n) is 16.1. The Labute approximate surface area is 173 Å². The van der Waals surface area contributed by atoms with Gasteiger partial charge in [0.1, 0.15) is 29.9 Å². The van der Waals surface area contributed by atoms with E-state index in [2.05, 4.69) is 15.0 Å². The number of H-pyrrole nitrogens is 1. The van der Waals surface area contributed by atoms with Crippen LogP contribution in [0.25, 0.3) is 11.0 Å². The number of likely N-dealkylation sites (N-methyl/N-ethyl adjacent to an activating group) is 1. The van der Waals surface area contributed by atoms with E-state index in [1.165, 1.54) is 19.3 Å². The molecule has 15 heteroatoms. The molecule has 1 saturated heterocycles. The molecular weight excluding hydrogens is 420 g/mol. The normalized spacial score (nSPS) is 24.6. The molecule has 31 heavy (non-hydrogen) atoms. The van der Waals surface area contributed by atoms with Gasteiger partial charge < -0.3 is 50.7 Å². The maximum Gasteiger partial charge on any atom is 0.336 e. The summed E-state index contributed by atoms with van der Waals surface area (Å²) in [5.41, 5.74) is 0.321. The minimum Gasteiger partial charge on any atom is -0.360 e. The van der Waals surface area contributed by atoms with Gasteiger partial charge in [-0.25, -0.2) is 14.9 Å². The Balaban J connectivity index is 2.22. The smallest absolute Gasteiger partial charge is 0.336 e. The van der Waals surface area contributed by atoms with E-state index in [4.69, 9.17) is 5.26 Å². The Morgan fingerprint density at radius 3 is 2.45 bits per heavy atom. The lowest BCUT2D eigenvalue weighted by Crippen LogP contribution is -2.86. The summed E-state index contributed by atoms with van der Waals surface area (Å²) >= 11 is 0. The Morgan fingerprint density at radius 2 is 1.87 bits per heavy atom. The number of anilines is 1. The molecule has 2 aromatic rings. The summed E-state index contributed by atoms with van der Waals surface area (Å²) in [7, 11) is 1.22. The van der Waals surface area contributed by atoms with Crippen LogP contribution in [0.4, 0.5) is 5.82 Å². The number of carbonyl (C=O) groups is 1. The number of hydrogen-bond acceptors (Lipinski definition) is 13. The number of nitriles is 1. The highest BCUT2D eigenvalue weighted by molar-refractivity contribution is 5.88. The lowest BCUT2D eigenvalue weighted by molar-refractivity contribution is -0.497. The molecule has 1 amide bonds. The van der Waals surface area contributed by atoms with Gasteiger partial charge in [0.15, 0.2) is 0 Å². The fourth-order valence-electron chi connectivity index (χ4n) is 3.75. The zero-order valence-corrected chi connectivity index (χ0v) is 16.1. The number of hydrogen-bond donors (Lipinski definition) is 9. The lowest BCUT2D eigenvalue weighted by atomic mass is 9.80. The molecule has 3 heterocycles. The van der Waals surface area contributed by atoms with Crippen LogP contribution < -0.4 is 4.90 Å². The summed E-state index contributed by atoms with van der Waals surface area (Å²) in [5, 5.41) is 91.2. The first-order valence-electron chi connectivity index (χ1n) is 8.68. The van der Waals surface area contributed by atoms with Crippen LogP contribution in [-0.4, -0.2) is 103 Å². The minimum absolute atomic E-state index is 0.00157. The fraction of sp³-hybridized carbons (Fsp3) is 0.500. The Hall–Kier alpha value is -2.94. The molecule has 9 N–H and O–H groups in total. The van der Waals surface area contributed by atoms with Crippen molar-refractivity contribution in [1.82, 2.24) is 19.9 Å². The van der Waals surface area contributed by atoms with Gasteiger partial charge in [0.2, 0.25) is 5.79 Å². The molecule has 1 aliphatic rings. The largest absolute Gasteiger partial charge is 0.360 e. The van der Waals surface area contributed by atoms with E-state index >= 15 is 0 Å². The van der Waals surface area contributed by atoms with Crippen LogP contribution in [0.5, 0.6) is 0 Å². The van der Waals surface area contributed by atoms with E-state index in [1.54, 1.807) is 0 Å². The molecule has 1 fully saturated rings. The molecule has 15 nitrogen and oxygen atoms in total. The number of nitrogens with zero attached hydrogens (tertiary/aromatic N) is 5. The Morgan fingerprint density at radius 1 is 1.26 bits per heavy atom. The van der Waals surface area contributed by atoms with Crippen molar-refractivity contribution in [3.05, 3.63) is 18.6 Å². The number of carbonyl (C=O) groups excluding carboxylic acids is 1. The van der Waals surface area contributed by atoms with Crippen molar-refractivity contribution in [2.24, 2.45) is 5.92 Å². The Kier molecular flexibility index (Phi) is 4.97. The summed E-state index contributed by atoms with van der Waals surface area (Å²) in [4.78, 5) is 23.4. The van der Waals surface area contributed by atoms with Gasteiger partial charge in [0.05, 0.1) is 5.39 Å². The fourth-order valence-corrected chi connectivity index (χ4v) is 3.75. The van der Waals surface area contributed by atoms with Gasteiger partial charge in [-0.3, -0.25) is 4.79 Å². The topological polar surface area (TPSA) is 251 Å². The van der Waals surface area contributed by atoms with E-state index in [0.29, 0.717) is 11.0 Å². The highest BCUT2D eigenvalue weighted by Gasteiger charge is 2.74. The quantitative estimate of drug-likeness (QED) is 0.161. The molecule has 0 aromatic carbocycles. The third-order valence-corrected chi connectivity index (χ3v) is 5.38. The van der Waals surface area contributed by atoms with Crippen molar-refractivity contribution < 1.29 is 45.6 Å². The first-order chi connectivity index (χ1) is 14.1. The van der Waals surface area contributed by atoms with Gasteiger partial charge in [-0.1, -0.05) is 6.92 Å². The van der Waals surface area contributed by atoms with Crippen LogP contribution in [0.15, 0.2) is 18.6 Å². The number of aromatic nitrogens is 3. The number of piperidine rings is 1. The molecule has 168 valence electrons. The van der Waals surface area contributed by atoms with Crippen LogP contribution in [0.1, 0.15) is 6.92 Å². The average molecular weight is 440 g/mol. The number of amides is 1. The maximum atomic E-state index is 12.4. The second-order valence-corrected chi connectivity index (χ2v) is 7.26. The summed E-state index contributed by atoms with van der Waals surface area (Å²) < 4.78 is 0. The number of nitrogens with one attached hydrogen (secondary N) is 1. The van der Waals surface area contributed by atoms with E-state index in [1.807, 2.05) is 0 Å². The highest BCUT2D eigenvalue weighted by atomic mass is 16.6. The number of likely N-dealkylation sites (tertiary alicyclic amines) is 1. The molecule has 2 aromatic heterocycles. The van der Waals surface area contributed by atoms with E-state index in [-0.39, 0.29) is 5.82 Å². The molecule has 1 aliphatic heterocycles. The van der Waals surface area contributed by atoms with E-state index in [0.717, 1.165) is 24.2 Å². The maximum absolute atomic E-state index is 12.4. The SMILES string of the molecule is CC1C(N(C)c2ncnc3[nH]ccc23)C(O)(O)N(C(=O)C(O)(O)C#N)C(O)(O)C1(O)O. The van der Waals surface area contributed by atoms with Crippen molar-refractivity contribution in [1.29, 1.82) is 5.26 Å². The predicted octanol–water partition coefficient (Wildman–Crippen LogP) is -4.60. The van der Waals surface area contributed by atoms with Gasteiger partial charge in [-0.15, -0.1) is 0 Å². The van der Waals surface area contributed by atoms with Gasteiger partial charge in [-0.05, 0) is 6.07 Å². The first-order valence-corrected chi connectivity index (χ1v) is 8.68. The molecule has 0 bridgehead atoms. The van der Waals surface area contributed by atoms with Crippen molar-refractivity contribution in [3.8, 4) is 6.07 Å². The summed E-state index contributed by atoms with van der Waals surface area (Å²) in [6.07, 6.45) is 2.60. The number of aromatic amines is 1. The minimum atomic E-state index is -4.17. The van der Waals surface area contributed by atoms with Crippen LogP contribution >= 0.6 is 0 Å². The summed E-state index contributed by atoms with van der Waals surface area (Å²) in [5.74, 6) is -19.7. The van der Waals surface area contributed by atoms with Gasteiger partial charge >= 0.3 is 17.6 Å². The molecule has 0 radical (unpaired) electrons. The molecular formula is C16H20N6O9.